The fourth-order valence-electron chi connectivity index (χ4n) is 1.91. The quantitative estimate of drug-likeness (QED) is 0.558. The minimum absolute atomic E-state index is 0.505. The van der Waals surface area contributed by atoms with Gasteiger partial charge in [-0.2, -0.15) is 0 Å². The molecule has 0 radical (unpaired) electrons. The molecular weight excluding hydrogens is 270 g/mol. The number of aliphatic hydroxyl groups is 1. The second kappa shape index (κ2) is 12.5. The Morgan fingerprint density at radius 1 is 1.24 bits per heavy atom. The number of hydrogen-bond donors (Lipinski definition) is 3. The molecule has 6 heteroatoms. The Balaban J connectivity index is 0.000000486. The van der Waals surface area contributed by atoms with E-state index in [9.17, 15) is 4.79 Å². The van der Waals surface area contributed by atoms with Gasteiger partial charge in [0.25, 0.3) is 0 Å². The number of carboxylic acid groups (broad SMARTS) is 1. The smallest absolute Gasteiger partial charge is 0.322 e. The van der Waals surface area contributed by atoms with Gasteiger partial charge in [-0.1, -0.05) is 39.0 Å². The first-order valence-corrected chi connectivity index (χ1v) is 7.73. The molecule has 0 aromatic heterocycles. The van der Waals surface area contributed by atoms with Crippen molar-refractivity contribution in [3.63, 3.8) is 0 Å². The van der Waals surface area contributed by atoms with Crippen LogP contribution in [0, 0.1) is 0 Å². The van der Waals surface area contributed by atoms with Gasteiger partial charge in [0, 0.05) is 26.0 Å². The lowest BCUT2D eigenvalue weighted by Crippen LogP contribution is -2.33. The van der Waals surface area contributed by atoms with Gasteiger partial charge in [-0.25, -0.2) is 0 Å². The molecule has 0 fully saturated rings. The predicted molar refractivity (Wildman–Crippen MR) is 84.5 cm³/mol. The van der Waals surface area contributed by atoms with Gasteiger partial charge in [0.1, 0.15) is 6.04 Å². The molecule has 0 saturated heterocycles. The van der Waals surface area contributed by atoms with E-state index in [1.807, 2.05) is 0 Å². The number of unbranched alkanes of at least 4 members (excludes halogenated alkanes) is 5. The summed E-state index contributed by atoms with van der Waals surface area (Å²) in [4.78, 5) is 14.3. The third-order valence-corrected chi connectivity index (χ3v) is 3.25. The zero-order chi connectivity index (χ0) is 16.1. The average molecular weight is 301 g/mol. The Morgan fingerprint density at radius 2 is 1.86 bits per heavy atom. The summed E-state index contributed by atoms with van der Waals surface area (Å²) in [6.45, 7) is 4.07. The number of rotatable bonds is 9. The van der Waals surface area contributed by atoms with Gasteiger partial charge in [0.15, 0.2) is 0 Å². The van der Waals surface area contributed by atoms with Crippen molar-refractivity contribution in [3.8, 4) is 0 Å². The monoisotopic (exact) mass is 301 g/mol. The topological polar surface area (TPSA) is 90.0 Å². The summed E-state index contributed by atoms with van der Waals surface area (Å²) in [7, 11) is 2.12. The van der Waals surface area contributed by atoms with Crippen LogP contribution in [-0.4, -0.2) is 58.9 Å². The molecule has 0 aromatic rings. The van der Waals surface area contributed by atoms with Crippen molar-refractivity contribution in [2.75, 3.05) is 26.9 Å². The van der Waals surface area contributed by atoms with Crippen LogP contribution in [0.2, 0.25) is 0 Å². The van der Waals surface area contributed by atoms with E-state index in [2.05, 4.69) is 36.2 Å². The molecule has 1 aliphatic heterocycles. The summed E-state index contributed by atoms with van der Waals surface area (Å²) in [5.41, 5.74) is 4.77. The maximum absolute atomic E-state index is 9.65. The van der Waals surface area contributed by atoms with Crippen molar-refractivity contribution >= 4 is 5.97 Å². The van der Waals surface area contributed by atoms with Crippen LogP contribution in [-0.2, 0) is 4.79 Å². The minimum atomic E-state index is -1.18. The number of carboxylic acids is 1. The third kappa shape index (κ3) is 11.1. The maximum Gasteiger partial charge on any atom is 0.322 e. The standard InChI is InChI=1S/C12H24N2.C3H7NO3/c1-3-4-5-6-7-8-9-14-11-10-13(2)12-14;4-2(1-5)3(6)7/h10-11H,3-9,12H2,1-2H3;2,5H,1,4H2,(H,6,7)/t;2-/m.0/s1. The van der Waals surface area contributed by atoms with Gasteiger partial charge in [-0.05, 0) is 6.42 Å². The van der Waals surface area contributed by atoms with E-state index in [-0.39, 0.29) is 0 Å². The first kappa shape index (κ1) is 19.7. The third-order valence-electron chi connectivity index (χ3n) is 3.25. The van der Waals surface area contributed by atoms with Gasteiger partial charge in [0.2, 0.25) is 0 Å². The van der Waals surface area contributed by atoms with Crippen molar-refractivity contribution in [2.24, 2.45) is 5.73 Å². The molecule has 0 unspecified atom stereocenters. The largest absolute Gasteiger partial charge is 0.480 e. The number of aliphatic hydroxyl groups excluding tert-OH is 1. The Hall–Kier alpha value is -1.27. The molecule has 0 aliphatic carbocycles. The number of nitrogens with two attached hydrogens (primary N) is 1. The highest BCUT2D eigenvalue weighted by Crippen LogP contribution is 2.08. The van der Waals surface area contributed by atoms with Crippen LogP contribution >= 0.6 is 0 Å². The highest BCUT2D eigenvalue weighted by molar-refractivity contribution is 5.73. The van der Waals surface area contributed by atoms with E-state index >= 15 is 0 Å². The second-order valence-corrected chi connectivity index (χ2v) is 5.40. The van der Waals surface area contributed by atoms with E-state index in [0.29, 0.717) is 0 Å². The van der Waals surface area contributed by atoms with Gasteiger partial charge in [-0.3, -0.25) is 4.79 Å². The van der Waals surface area contributed by atoms with Gasteiger partial charge < -0.3 is 25.7 Å². The van der Waals surface area contributed by atoms with Crippen molar-refractivity contribution in [1.29, 1.82) is 0 Å². The highest BCUT2D eigenvalue weighted by Gasteiger charge is 2.07. The van der Waals surface area contributed by atoms with Crippen LogP contribution in [0.5, 0.6) is 0 Å². The fraction of sp³-hybridized carbons (Fsp3) is 0.800. The van der Waals surface area contributed by atoms with E-state index in [4.69, 9.17) is 15.9 Å². The second-order valence-electron chi connectivity index (χ2n) is 5.40. The molecule has 0 bridgehead atoms. The maximum atomic E-state index is 9.65. The van der Waals surface area contributed by atoms with Crippen LogP contribution < -0.4 is 5.73 Å². The molecule has 6 nitrogen and oxygen atoms in total. The molecule has 1 heterocycles. The summed E-state index contributed by atoms with van der Waals surface area (Å²) in [5, 5.41) is 15.9. The Labute approximate surface area is 128 Å². The molecule has 0 aromatic carbocycles. The summed E-state index contributed by atoms with van der Waals surface area (Å²) in [6.07, 6.45) is 12.7. The SMILES string of the molecule is CCCCCCCCN1C=CN(C)C1.N[C@@H](CO)C(=O)O. The van der Waals surface area contributed by atoms with Gasteiger partial charge in [-0.15, -0.1) is 0 Å². The number of hydrogen-bond acceptors (Lipinski definition) is 5. The normalized spacial score (nSPS) is 14.9. The lowest BCUT2D eigenvalue weighted by atomic mass is 10.1. The molecule has 1 rings (SSSR count). The van der Waals surface area contributed by atoms with Gasteiger partial charge >= 0.3 is 5.97 Å². The van der Waals surface area contributed by atoms with Crippen LogP contribution in [0.25, 0.3) is 0 Å². The van der Waals surface area contributed by atoms with Crippen LogP contribution in [0.3, 0.4) is 0 Å². The molecule has 21 heavy (non-hydrogen) atoms. The molecular formula is C15H31N3O3. The molecule has 0 spiro atoms. The van der Waals surface area contributed by atoms with E-state index in [1.54, 1.807) is 0 Å². The summed E-state index contributed by atoms with van der Waals surface area (Å²) >= 11 is 0. The van der Waals surface area contributed by atoms with Crippen molar-refractivity contribution in [3.05, 3.63) is 12.4 Å². The molecule has 0 amide bonds. The molecule has 0 saturated carbocycles. The van der Waals surface area contributed by atoms with Crippen LogP contribution in [0.15, 0.2) is 12.4 Å². The first-order valence-electron chi connectivity index (χ1n) is 7.73. The summed E-state index contributed by atoms with van der Waals surface area (Å²) in [5.74, 6) is -1.18. The zero-order valence-electron chi connectivity index (χ0n) is 13.4. The van der Waals surface area contributed by atoms with E-state index in [0.717, 1.165) is 6.67 Å². The van der Waals surface area contributed by atoms with Crippen LogP contribution in [0.1, 0.15) is 45.4 Å². The summed E-state index contributed by atoms with van der Waals surface area (Å²) < 4.78 is 0. The number of aliphatic carboxylic acids is 1. The predicted octanol–water partition coefficient (Wildman–Crippen LogP) is 1.41. The summed E-state index contributed by atoms with van der Waals surface area (Å²) in [6, 6.07) is -1.13. The molecule has 1 aliphatic rings. The van der Waals surface area contributed by atoms with Gasteiger partial charge in [0.05, 0.1) is 13.3 Å². The molecule has 4 N–H and O–H groups in total. The van der Waals surface area contributed by atoms with Crippen molar-refractivity contribution < 1.29 is 15.0 Å². The Morgan fingerprint density at radius 3 is 2.29 bits per heavy atom. The van der Waals surface area contributed by atoms with E-state index in [1.165, 1.54) is 45.1 Å². The average Bonchev–Trinajstić information content (AvgIpc) is 2.88. The van der Waals surface area contributed by atoms with E-state index < -0.39 is 18.6 Å². The zero-order valence-corrected chi connectivity index (χ0v) is 13.4. The minimum Gasteiger partial charge on any atom is -0.480 e. The Bertz CT molecular complexity index is 298. The van der Waals surface area contributed by atoms with Crippen molar-refractivity contribution in [1.82, 2.24) is 9.80 Å². The molecule has 1 atom stereocenters. The lowest BCUT2D eigenvalue weighted by molar-refractivity contribution is -0.139. The number of nitrogens with zero attached hydrogens (tertiary/aromatic N) is 2. The highest BCUT2D eigenvalue weighted by atomic mass is 16.4. The fourth-order valence-corrected chi connectivity index (χ4v) is 1.91. The van der Waals surface area contributed by atoms with Crippen LogP contribution in [0.4, 0.5) is 0 Å². The van der Waals surface area contributed by atoms with Crippen molar-refractivity contribution in [2.45, 2.75) is 51.5 Å². The Kier molecular flexibility index (Phi) is 11.7. The number of carbonyl (C=O) groups is 1. The molecule has 124 valence electrons. The lowest BCUT2D eigenvalue weighted by Gasteiger charge is -2.17. The first-order chi connectivity index (χ1) is 10.0.